The SMILES string of the molecule is CCCC(CCC)S(=O)(=O)C[C@H](NC(=O)CNS(C)(=O)=O)C(=O)N[C@@H](Cc1ccccc1)[C@H](O)CNCc1cccc(OC)c1. The van der Waals surface area contributed by atoms with Crippen LogP contribution in [0.4, 0.5) is 0 Å². The highest BCUT2D eigenvalue weighted by Gasteiger charge is 2.34. The van der Waals surface area contributed by atoms with Gasteiger partial charge in [-0.15, -0.1) is 0 Å². The van der Waals surface area contributed by atoms with E-state index >= 15 is 0 Å². The highest BCUT2D eigenvalue weighted by Crippen LogP contribution is 2.17. The summed E-state index contributed by atoms with van der Waals surface area (Å²) in [5, 5.41) is 18.9. The summed E-state index contributed by atoms with van der Waals surface area (Å²) in [5.74, 6) is -1.64. The number of methoxy groups -OCH3 is 1. The lowest BCUT2D eigenvalue weighted by molar-refractivity contribution is -0.128. The second-order valence-electron chi connectivity index (χ2n) is 11.1. The topological polar surface area (TPSA) is 180 Å². The number of amides is 2. The molecule has 3 atom stereocenters. The number of benzene rings is 2. The number of sulfonamides is 1. The summed E-state index contributed by atoms with van der Waals surface area (Å²) in [5.41, 5.74) is 1.75. The molecule has 2 aromatic rings. The molecule has 0 radical (unpaired) electrons. The van der Waals surface area contributed by atoms with Crippen LogP contribution in [-0.4, -0.2) is 89.4 Å². The van der Waals surface area contributed by atoms with Gasteiger partial charge < -0.3 is 25.8 Å². The second-order valence-corrected chi connectivity index (χ2v) is 15.3. The molecule has 14 heteroatoms. The molecule has 0 saturated carbocycles. The molecule has 0 unspecified atom stereocenters. The molecular weight excluding hydrogens is 620 g/mol. The smallest absolute Gasteiger partial charge is 0.243 e. The van der Waals surface area contributed by atoms with Gasteiger partial charge in [-0.05, 0) is 42.5 Å². The minimum atomic E-state index is -3.84. The zero-order valence-electron chi connectivity index (χ0n) is 26.5. The van der Waals surface area contributed by atoms with Crippen molar-refractivity contribution in [2.45, 2.75) is 75.9 Å². The number of aliphatic hydroxyl groups is 1. The Kier molecular flexibility index (Phi) is 15.9. The van der Waals surface area contributed by atoms with Crippen LogP contribution in [0.25, 0.3) is 0 Å². The van der Waals surface area contributed by atoms with Crippen LogP contribution in [0.5, 0.6) is 5.75 Å². The van der Waals surface area contributed by atoms with Gasteiger partial charge in [-0.3, -0.25) is 9.59 Å². The number of nitrogens with one attached hydrogen (secondary N) is 4. The minimum absolute atomic E-state index is 0.0949. The van der Waals surface area contributed by atoms with Crippen LogP contribution < -0.4 is 25.4 Å². The van der Waals surface area contributed by atoms with Crippen LogP contribution in [0.3, 0.4) is 0 Å². The molecule has 0 spiro atoms. The number of ether oxygens (including phenoxy) is 1. The van der Waals surface area contributed by atoms with E-state index in [1.807, 2.05) is 68.4 Å². The van der Waals surface area contributed by atoms with Gasteiger partial charge in [0.05, 0.1) is 43.1 Å². The van der Waals surface area contributed by atoms with Gasteiger partial charge in [-0.2, -0.15) is 0 Å². The number of hydrogen-bond donors (Lipinski definition) is 5. The maximum absolute atomic E-state index is 13.7. The van der Waals surface area contributed by atoms with Gasteiger partial charge in [0.15, 0.2) is 9.84 Å². The lowest BCUT2D eigenvalue weighted by Crippen LogP contribution is -2.57. The largest absolute Gasteiger partial charge is 0.497 e. The van der Waals surface area contributed by atoms with Crippen molar-refractivity contribution in [3.05, 3.63) is 65.7 Å². The zero-order chi connectivity index (χ0) is 33.5. The Morgan fingerprint density at radius 1 is 0.911 bits per heavy atom. The van der Waals surface area contributed by atoms with Crippen LogP contribution in [0.15, 0.2) is 54.6 Å². The van der Waals surface area contributed by atoms with E-state index in [1.165, 1.54) is 0 Å². The van der Waals surface area contributed by atoms with Crippen molar-refractivity contribution in [2.24, 2.45) is 0 Å². The molecule has 5 N–H and O–H groups in total. The standard InChI is InChI=1S/C31H48N4O8S2/c1-5-11-26(12-6-2)45(41,42)22-28(34-30(37)21-33-44(4,39)40)31(38)35-27(18-23-13-8-7-9-14-23)29(36)20-32-19-24-15-10-16-25(17-24)43-3/h7-10,13-17,26-29,32-33,36H,5-6,11-12,18-22H2,1-4H3,(H,34,37)(H,35,38)/t27-,28-,29+/m0/s1. The van der Waals surface area contributed by atoms with Crippen molar-refractivity contribution in [1.82, 2.24) is 20.7 Å². The van der Waals surface area contributed by atoms with Gasteiger partial charge in [0.1, 0.15) is 11.8 Å². The fourth-order valence-corrected chi connectivity index (χ4v) is 7.42. The van der Waals surface area contributed by atoms with Crippen LogP contribution in [-0.2, 0) is 42.4 Å². The first kappa shape index (κ1) is 38.1. The molecule has 0 aromatic heterocycles. The number of hydrogen-bond acceptors (Lipinski definition) is 9. The number of rotatable bonds is 21. The van der Waals surface area contributed by atoms with Gasteiger partial charge >= 0.3 is 0 Å². The molecule has 0 aliphatic carbocycles. The van der Waals surface area contributed by atoms with Crippen molar-refractivity contribution < 1.29 is 36.3 Å². The van der Waals surface area contributed by atoms with Gasteiger partial charge in [-0.1, -0.05) is 69.2 Å². The van der Waals surface area contributed by atoms with E-state index in [2.05, 4.69) is 20.7 Å². The van der Waals surface area contributed by atoms with Crippen LogP contribution >= 0.6 is 0 Å². The molecule has 252 valence electrons. The lowest BCUT2D eigenvalue weighted by atomic mass is 10.0. The zero-order valence-corrected chi connectivity index (χ0v) is 28.1. The summed E-state index contributed by atoms with van der Waals surface area (Å²) in [4.78, 5) is 26.4. The van der Waals surface area contributed by atoms with E-state index in [0.29, 0.717) is 38.0 Å². The highest BCUT2D eigenvalue weighted by molar-refractivity contribution is 7.92. The Morgan fingerprint density at radius 2 is 1.56 bits per heavy atom. The van der Waals surface area contributed by atoms with Crippen LogP contribution in [0.1, 0.15) is 50.7 Å². The lowest BCUT2D eigenvalue weighted by Gasteiger charge is -2.28. The molecule has 0 fully saturated rings. The Balaban J connectivity index is 2.28. The van der Waals surface area contributed by atoms with Crippen LogP contribution in [0.2, 0.25) is 0 Å². The maximum Gasteiger partial charge on any atom is 0.243 e. The third-order valence-electron chi connectivity index (χ3n) is 7.18. The first-order valence-corrected chi connectivity index (χ1v) is 18.7. The molecular formula is C31H48N4O8S2. The molecule has 0 aliphatic rings. The van der Waals surface area contributed by atoms with Crippen molar-refractivity contribution in [3.8, 4) is 5.75 Å². The number of aliphatic hydroxyl groups excluding tert-OH is 1. The number of carbonyl (C=O) groups excluding carboxylic acids is 2. The van der Waals surface area contributed by atoms with E-state index in [1.54, 1.807) is 7.11 Å². The average molecular weight is 669 g/mol. The Hall–Kier alpha value is -3.04. The predicted molar refractivity (Wildman–Crippen MR) is 175 cm³/mol. The van der Waals surface area contributed by atoms with E-state index in [-0.39, 0.29) is 13.0 Å². The fourth-order valence-electron chi connectivity index (χ4n) is 4.86. The third kappa shape index (κ3) is 14.3. The van der Waals surface area contributed by atoms with Crippen molar-refractivity contribution in [3.63, 3.8) is 0 Å². The Labute approximate surface area is 267 Å². The van der Waals surface area contributed by atoms with E-state index in [4.69, 9.17) is 4.74 Å². The van der Waals surface area contributed by atoms with Crippen molar-refractivity contribution in [1.29, 1.82) is 0 Å². The summed E-state index contributed by atoms with van der Waals surface area (Å²) in [7, 11) is -5.98. The van der Waals surface area contributed by atoms with Gasteiger partial charge in [0.25, 0.3) is 0 Å². The number of sulfone groups is 1. The molecule has 0 bridgehead atoms. The third-order valence-corrected chi connectivity index (χ3v) is 10.1. The number of carbonyl (C=O) groups is 2. The first-order chi connectivity index (χ1) is 21.3. The molecule has 2 rings (SSSR count). The van der Waals surface area contributed by atoms with Gasteiger partial charge in [0.2, 0.25) is 21.8 Å². The van der Waals surface area contributed by atoms with Gasteiger partial charge in [-0.25, -0.2) is 21.6 Å². The summed E-state index contributed by atoms with van der Waals surface area (Å²) in [6.45, 7) is 3.59. The summed E-state index contributed by atoms with van der Waals surface area (Å²) in [6, 6.07) is 14.3. The molecule has 45 heavy (non-hydrogen) atoms. The Morgan fingerprint density at radius 3 is 2.16 bits per heavy atom. The van der Waals surface area contributed by atoms with Gasteiger partial charge in [0, 0.05) is 13.1 Å². The normalized spacial score (nSPS) is 14.0. The minimum Gasteiger partial charge on any atom is -0.497 e. The second kappa shape index (κ2) is 18.8. The van der Waals surface area contributed by atoms with E-state index < -0.39 is 67.4 Å². The van der Waals surface area contributed by atoms with E-state index in [9.17, 15) is 31.5 Å². The quantitative estimate of drug-likeness (QED) is 0.131. The Bertz CT molecular complexity index is 1420. The summed E-state index contributed by atoms with van der Waals surface area (Å²) >= 11 is 0. The monoisotopic (exact) mass is 668 g/mol. The molecule has 12 nitrogen and oxygen atoms in total. The first-order valence-electron chi connectivity index (χ1n) is 15.1. The molecule has 0 saturated heterocycles. The summed E-state index contributed by atoms with van der Waals surface area (Å²) in [6.07, 6.45) is 2.08. The maximum atomic E-state index is 13.7. The summed E-state index contributed by atoms with van der Waals surface area (Å²) < 4.78 is 57.2. The molecule has 2 amide bonds. The average Bonchev–Trinajstić information content (AvgIpc) is 2.99. The predicted octanol–water partition coefficient (Wildman–Crippen LogP) is 1.29. The molecule has 2 aromatic carbocycles. The van der Waals surface area contributed by atoms with Crippen molar-refractivity contribution >= 4 is 31.7 Å². The van der Waals surface area contributed by atoms with E-state index in [0.717, 1.165) is 17.4 Å². The molecule has 0 aliphatic heterocycles. The molecule has 0 heterocycles. The highest BCUT2D eigenvalue weighted by atomic mass is 32.2. The fraction of sp³-hybridized carbons (Fsp3) is 0.548. The van der Waals surface area contributed by atoms with Crippen LogP contribution in [0, 0.1) is 0 Å². The van der Waals surface area contributed by atoms with Crippen molar-refractivity contribution in [2.75, 3.05) is 32.2 Å².